The second-order valence-corrected chi connectivity index (χ2v) is 6.74. The van der Waals surface area contributed by atoms with E-state index in [0.717, 1.165) is 0 Å². The Morgan fingerprint density at radius 3 is 1.81 bits per heavy atom. The molecule has 0 atom stereocenters. The highest BCUT2D eigenvalue weighted by atomic mass is 35.5. The zero-order valence-corrected chi connectivity index (χ0v) is 15.5. The molecule has 0 aliphatic rings. The minimum Gasteiger partial charge on any atom is -0.326 e. The van der Waals surface area contributed by atoms with Crippen molar-refractivity contribution in [3.05, 3.63) is 53.6 Å². The van der Waals surface area contributed by atoms with Gasteiger partial charge in [-0.3, -0.25) is 14.4 Å². The molecule has 0 radical (unpaired) electrons. The molecule has 3 N–H and O–H groups in total. The van der Waals surface area contributed by atoms with E-state index in [2.05, 4.69) is 16.0 Å². The van der Waals surface area contributed by atoms with Crippen molar-refractivity contribution < 1.29 is 14.4 Å². The molecule has 0 aromatic heterocycles. The number of hydrogen-bond donors (Lipinski definition) is 3. The second-order valence-electron chi connectivity index (χ2n) is 6.30. The molecular formula is C19H20ClN3O3. The lowest BCUT2D eigenvalue weighted by molar-refractivity contribution is -0.135. The van der Waals surface area contributed by atoms with Crippen LogP contribution in [0.3, 0.4) is 0 Å². The monoisotopic (exact) mass is 373 g/mol. The summed E-state index contributed by atoms with van der Waals surface area (Å²) in [7, 11) is 0. The van der Waals surface area contributed by atoms with Crippen molar-refractivity contribution in [1.82, 2.24) is 0 Å². The summed E-state index contributed by atoms with van der Waals surface area (Å²) in [6.45, 7) is 4.48. The molecule has 0 saturated heterocycles. The number of carbonyl (C=O) groups excluding carboxylic acids is 3. The van der Waals surface area contributed by atoms with Gasteiger partial charge in [-0.2, -0.15) is 0 Å². The van der Waals surface area contributed by atoms with E-state index < -0.39 is 17.2 Å². The van der Waals surface area contributed by atoms with E-state index in [1.54, 1.807) is 48.5 Å². The molecule has 0 bridgehead atoms. The lowest BCUT2D eigenvalue weighted by atomic mass is 9.90. The summed E-state index contributed by atoms with van der Waals surface area (Å²) in [5.41, 5.74) is 0.350. The van der Waals surface area contributed by atoms with Crippen LogP contribution in [0.25, 0.3) is 0 Å². The van der Waals surface area contributed by atoms with Crippen molar-refractivity contribution >= 4 is 46.4 Å². The highest BCUT2D eigenvalue weighted by Crippen LogP contribution is 2.23. The van der Waals surface area contributed by atoms with E-state index in [9.17, 15) is 14.4 Å². The van der Waals surface area contributed by atoms with Crippen LogP contribution in [0, 0.1) is 5.41 Å². The molecule has 0 aliphatic heterocycles. The Morgan fingerprint density at radius 1 is 0.808 bits per heavy atom. The van der Waals surface area contributed by atoms with Crippen LogP contribution in [-0.2, 0) is 14.4 Å². The summed E-state index contributed by atoms with van der Waals surface area (Å²) in [5, 5.41) is 8.52. The minimum absolute atomic E-state index is 0.180. The van der Waals surface area contributed by atoms with Crippen LogP contribution < -0.4 is 16.0 Å². The first kappa shape index (κ1) is 19.5. The van der Waals surface area contributed by atoms with Crippen molar-refractivity contribution in [3.8, 4) is 0 Å². The molecular weight excluding hydrogens is 354 g/mol. The van der Waals surface area contributed by atoms with Crippen molar-refractivity contribution in [2.45, 2.75) is 20.8 Å². The number of anilines is 3. The van der Waals surface area contributed by atoms with Crippen LogP contribution in [0.15, 0.2) is 48.5 Å². The number of halogens is 1. The summed E-state index contributed by atoms with van der Waals surface area (Å²) >= 11 is 5.90. The van der Waals surface area contributed by atoms with Gasteiger partial charge in [0.05, 0.1) is 0 Å². The molecule has 2 aromatic rings. The van der Waals surface area contributed by atoms with E-state index >= 15 is 0 Å². The number of rotatable bonds is 5. The molecule has 2 aromatic carbocycles. The van der Waals surface area contributed by atoms with Gasteiger partial charge < -0.3 is 16.0 Å². The van der Waals surface area contributed by atoms with E-state index in [-0.39, 0.29) is 5.91 Å². The van der Waals surface area contributed by atoms with E-state index in [0.29, 0.717) is 22.1 Å². The van der Waals surface area contributed by atoms with E-state index in [1.807, 2.05) is 0 Å². The number of carbonyl (C=O) groups is 3. The van der Waals surface area contributed by atoms with Crippen molar-refractivity contribution in [3.63, 3.8) is 0 Å². The maximum atomic E-state index is 12.5. The molecule has 136 valence electrons. The fourth-order valence-corrected chi connectivity index (χ4v) is 2.27. The van der Waals surface area contributed by atoms with Crippen molar-refractivity contribution in [2.24, 2.45) is 5.41 Å². The van der Waals surface area contributed by atoms with E-state index in [4.69, 9.17) is 11.6 Å². The Kier molecular flexibility index (Phi) is 6.00. The SMILES string of the molecule is CC(=O)Nc1ccc(NC(=O)C(C)(C)C(=O)Nc2cccc(Cl)c2)cc1. The predicted molar refractivity (Wildman–Crippen MR) is 103 cm³/mol. The number of hydrogen-bond acceptors (Lipinski definition) is 3. The molecule has 6 nitrogen and oxygen atoms in total. The molecule has 3 amide bonds. The largest absolute Gasteiger partial charge is 0.326 e. The molecule has 26 heavy (non-hydrogen) atoms. The van der Waals surface area contributed by atoms with Gasteiger partial charge in [0.1, 0.15) is 5.41 Å². The van der Waals surface area contributed by atoms with Gasteiger partial charge in [-0.25, -0.2) is 0 Å². The Labute approximate surface area is 156 Å². The maximum absolute atomic E-state index is 12.5. The molecule has 7 heteroatoms. The first-order chi connectivity index (χ1) is 12.2. The lowest BCUT2D eigenvalue weighted by Crippen LogP contribution is -2.41. The maximum Gasteiger partial charge on any atom is 0.239 e. The summed E-state index contributed by atoms with van der Waals surface area (Å²) in [4.78, 5) is 36.0. The molecule has 0 saturated carbocycles. The highest BCUT2D eigenvalue weighted by molar-refractivity contribution is 6.31. The molecule has 0 spiro atoms. The summed E-state index contributed by atoms with van der Waals surface area (Å²) in [6, 6.07) is 13.3. The Hall–Kier alpha value is -2.86. The standard InChI is InChI=1S/C19H20ClN3O3/c1-12(24)21-14-7-9-15(10-8-14)22-17(25)19(2,3)18(26)23-16-6-4-5-13(20)11-16/h4-11H,1-3H3,(H,21,24)(H,22,25)(H,23,26). The molecule has 0 heterocycles. The minimum atomic E-state index is -1.31. The van der Waals surface area contributed by atoms with Gasteiger partial charge in [-0.05, 0) is 56.3 Å². The van der Waals surface area contributed by atoms with Gasteiger partial charge >= 0.3 is 0 Å². The molecule has 2 rings (SSSR count). The first-order valence-corrected chi connectivity index (χ1v) is 8.32. The number of amides is 3. The van der Waals surface area contributed by atoms with E-state index in [1.165, 1.54) is 20.8 Å². The van der Waals surface area contributed by atoms with Crippen LogP contribution in [-0.4, -0.2) is 17.7 Å². The fourth-order valence-electron chi connectivity index (χ4n) is 2.08. The Balaban J connectivity index is 2.04. The fraction of sp³-hybridized carbons (Fsp3) is 0.211. The van der Waals surface area contributed by atoms with Gasteiger partial charge in [0, 0.05) is 29.0 Å². The quantitative estimate of drug-likeness (QED) is 0.694. The second kappa shape index (κ2) is 8.01. The van der Waals surface area contributed by atoms with Gasteiger partial charge in [0.25, 0.3) is 0 Å². The molecule has 0 fully saturated rings. The third-order valence-electron chi connectivity index (χ3n) is 3.68. The number of benzene rings is 2. The van der Waals surface area contributed by atoms with Crippen LogP contribution in [0.1, 0.15) is 20.8 Å². The molecule has 0 aliphatic carbocycles. The molecule has 0 unspecified atom stereocenters. The summed E-state index contributed by atoms with van der Waals surface area (Å²) < 4.78 is 0. The van der Waals surface area contributed by atoms with Gasteiger partial charge in [0.2, 0.25) is 17.7 Å². The first-order valence-electron chi connectivity index (χ1n) is 7.94. The Morgan fingerprint density at radius 2 is 1.31 bits per heavy atom. The zero-order valence-electron chi connectivity index (χ0n) is 14.7. The average Bonchev–Trinajstić information content (AvgIpc) is 2.56. The number of nitrogens with one attached hydrogen (secondary N) is 3. The topological polar surface area (TPSA) is 87.3 Å². The van der Waals surface area contributed by atoms with Crippen molar-refractivity contribution in [2.75, 3.05) is 16.0 Å². The third kappa shape index (κ3) is 5.07. The Bertz CT molecular complexity index is 832. The van der Waals surface area contributed by atoms with Crippen molar-refractivity contribution in [1.29, 1.82) is 0 Å². The lowest BCUT2D eigenvalue weighted by Gasteiger charge is -2.23. The van der Waals surface area contributed by atoms with Gasteiger partial charge in [-0.1, -0.05) is 17.7 Å². The third-order valence-corrected chi connectivity index (χ3v) is 3.92. The average molecular weight is 374 g/mol. The van der Waals surface area contributed by atoms with Crippen LogP contribution >= 0.6 is 11.6 Å². The zero-order chi connectivity index (χ0) is 19.3. The predicted octanol–water partition coefficient (Wildman–Crippen LogP) is 3.90. The van der Waals surface area contributed by atoms with Crippen LogP contribution in [0.2, 0.25) is 5.02 Å². The highest BCUT2D eigenvalue weighted by Gasteiger charge is 2.36. The smallest absolute Gasteiger partial charge is 0.239 e. The summed E-state index contributed by atoms with van der Waals surface area (Å²) in [6.07, 6.45) is 0. The van der Waals surface area contributed by atoms with Gasteiger partial charge in [-0.15, -0.1) is 0 Å². The van der Waals surface area contributed by atoms with Crippen LogP contribution in [0.4, 0.5) is 17.1 Å². The van der Waals surface area contributed by atoms with Gasteiger partial charge in [0.15, 0.2) is 0 Å². The van der Waals surface area contributed by atoms with Crippen LogP contribution in [0.5, 0.6) is 0 Å². The normalized spacial score (nSPS) is 10.8. The summed E-state index contributed by atoms with van der Waals surface area (Å²) in [5.74, 6) is -1.09.